The second-order valence-electron chi connectivity index (χ2n) is 8.34. The van der Waals surface area contributed by atoms with E-state index < -0.39 is 0 Å². The zero-order valence-electron chi connectivity index (χ0n) is 14.3. The molecule has 3 rings (SSSR count). The Morgan fingerprint density at radius 3 is 2.67 bits per heavy atom. The van der Waals surface area contributed by atoms with Crippen LogP contribution in [-0.2, 0) is 11.8 Å². The molecule has 0 bridgehead atoms. The van der Waals surface area contributed by atoms with Gasteiger partial charge in [-0.2, -0.15) is 0 Å². The highest BCUT2D eigenvalue weighted by molar-refractivity contribution is 5.42. The second-order valence-corrected chi connectivity index (χ2v) is 8.34. The largest absolute Gasteiger partial charge is 0.357 e. The van der Waals surface area contributed by atoms with Gasteiger partial charge < -0.3 is 5.73 Å². The van der Waals surface area contributed by atoms with Gasteiger partial charge in [-0.25, -0.2) is 0 Å². The summed E-state index contributed by atoms with van der Waals surface area (Å²) >= 11 is 0. The van der Waals surface area contributed by atoms with Crippen LogP contribution in [0, 0.1) is 11.3 Å². The molecule has 1 nitrogen and oxygen atoms in total. The normalized spacial score (nSPS) is 35.4. The Morgan fingerprint density at radius 2 is 2.00 bits per heavy atom. The summed E-state index contributed by atoms with van der Waals surface area (Å²) in [6.45, 7) is 10.7. The first-order valence-corrected chi connectivity index (χ1v) is 8.83. The van der Waals surface area contributed by atoms with Crippen molar-refractivity contribution in [2.24, 2.45) is 11.3 Å². The number of hydrogen-bond donors (Lipinski definition) is 1. The number of quaternary nitrogens is 1. The molecule has 1 saturated carbocycles. The molecule has 0 heterocycles. The van der Waals surface area contributed by atoms with Crippen molar-refractivity contribution in [3.8, 4) is 0 Å². The lowest BCUT2D eigenvalue weighted by Crippen LogP contribution is -2.63. The smallest absolute Gasteiger partial charge is 0.0797 e. The van der Waals surface area contributed by atoms with E-state index in [-0.39, 0.29) is 0 Å². The molecule has 0 unspecified atom stereocenters. The van der Waals surface area contributed by atoms with E-state index in [4.69, 9.17) is 0 Å². The fourth-order valence-corrected chi connectivity index (χ4v) is 5.30. The van der Waals surface area contributed by atoms with Gasteiger partial charge in [0.05, 0.1) is 6.54 Å². The van der Waals surface area contributed by atoms with Gasteiger partial charge in [0.2, 0.25) is 0 Å². The predicted molar refractivity (Wildman–Crippen MR) is 89.4 cm³/mol. The van der Waals surface area contributed by atoms with Crippen LogP contribution in [0.25, 0.3) is 0 Å². The average Bonchev–Trinajstić information content (AvgIpc) is 2.46. The molecule has 1 aromatic rings. The van der Waals surface area contributed by atoms with Crippen molar-refractivity contribution >= 4 is 0 Å². The number of fused-ring (bicyclic) bond motifs is 3. The molecule has 0 amide bonds. The van der Waals surface area contributed by atoms with E-state index in [0.29, 0.717) is 16.7 Å². The van der Waals surface area contributed by atoms with Gasteiger partial charge in [0.15, 0.2) is 0 Å². The van der Waals surface area contributed by atoms with Crippen LogP contribution in [0.15, 0.2) is 18.2 Å². The van der Waals surface area contributed by atoms with Crippen molar-refractivity contribution < 1.29 is 5.73 Å². The van der Waals surface area contributed by atoms with E-state index >= 15 is 0 Å². The van der Waals surface area contributed by atoms with E-state index in [9.17, 15) is 0 Å². The first kappa shape index (κ1) is 15.1. The average molecular weight is 286 g/mol. The van der Waals surface area contributed by atoms with Gasteiger partial charge in [0.1, 0.15) is 0 Å². The molecular weight excluding hydrogens is 254 g/mol. The van der Waals surface area contributed by atoms with E-state index in [2.05, 4.69) is 51.6 Å². The molecule has 3 N–H and O–H groups in total. The summed E-state index contributed by atoms with van der Waals surface area (Å²) in [4.78, 5) is 0. The maximum Gasteiger partial charge on any atom is 0.0797 e. The molecule has 1 aromatic carbocycles. The van der Waals surface area contributed by atoms with Crippen LogP contribution in [0.4, 0.5) is 0 Å². The van der Waals surface area contributed by atoms with E-state index in [1.165, 1.54) is 37.7 Å². The third-order valence-electron chi connectivity index (χ3n) is 6.74. The van der Waals surface area contributed by atoms with Crippen molar-refractivity contribution in [2.75, 3.05) is 6.54 Å². The van der Waals surface area contributed by atoms with Gasteiger partial charge in [0.25, 0.3) is 0 Å². The Hall–Kier alpha value is -0.820. The summed E-state index contributed by atoms with van der Waals surface area (Å²) in [7, 11) is 0. The van der Waals surface area contributed by atoms with Crippen molar-refractivity contribution in [1.82, 2.24) is 0 Å². The fourth-order valence-electron chi connectivity index (χ4n) is 5.30. The Bertz CT molecular complexity index is 533. The molecule has 2 aliphatic carbocycles. The molecule has 3 atom stereocenters. The molecule has 0 aromatic heterocycles. The maximum absolute atomic E-state index is 4.30. The topological polar surface area (TPSA) is 27.6 Å². The maximum atomic E-state index is 4.30. The first-order valence-electron chi connectivity index (χ1n) is 8.83. The molecule has 0 aliphatic heterocycles. The number of hydrogen-bond acceptors (Lipinski definition) is 0. The minimum Gasteiger partial charge on any atom is -0.357 e. The highest BCUT2D eigenvalue weighted by Gasteiger charge is 2.51. The number of benzene rings is 1. The van der Waals surface area contributed by atoms with E-state index in [1.807, 2.05) is 0 Å². The standard InChI is InChI=1S/C20H31N/c1-14(2)15-6-8-17-16(12-15)7-9-18-19(3,13-21)10-5-11-20(17,18)4/h6,8,12,14,18H,5,7,9-11,13,21H2,1-4H3/p+1/t18-,19-,20-/m0/s1. The van der Waals surface area contributed by atoms with Gasteiger partial charge in [0, 0.05) is 5.41 Å². The van der Waals surface area contributed by atoms with Crippen LogP contribution in [0.1, 0.15) is 76.0 Å². The first-order chi connectivity index (χ1) is 9.90. The number of aryl methyl sites for hydroxylation is 1. The number of rotatable bonds is 2. The predicted octanol–water partition coefficient (Wildman–Crippen LogP) is 4.06. The van der Waals surface area contributed by atoms with E-state index in [0.717, 1.165) is 12.5 Å². The SMILES string of the molecule is CC(C)c1ccc2c(c1)CC[C@H]1[C@](C)(C[NH3+])CCC[C@@]21C. The second kappa shape index (κ2) is 5.12. The van der Waals surface area contributed by atoms with Gasteiger partial charge in [-0.15, -0.1) is 0 Å². The summed E-state index contributed by atoms with van der Waals surface area (Å²) in [6, 6.07) is 7.34. The van der Waals surface area contributed by atoms with Gasteiger partial charge >= 0.3 is 0 Å². The Kier molecular flexibility index (Phi) is 3.68. The molecule has 2 aliphatic rings. The van der Waals surface area contributed by atoms with Gasteiger partial charge in [-0.3, -0.25) is 0 Å². The molecule has 116 valence electrons. The zero-order valence-corrected chi connectivity index (χ0v) is 14.3. The van der Waals surface area contributed by atoms with Crippen molar-refractivity contribution in [3.05, 3.63) is 34.9 Å². The lowest BCUT2D eigenvalue weighted by Gasteiger charge is -2.54. The Balaban J connectivity index is 2.05. The highest BCUT2D eigenvalue weighted by atomic mass is 14.7. The van der Waals surface area contributed by atoms with Crippen molar-refractivity contribution in [2.45, 2.75) is 71.1 Å². The van der Waals surface area contributed by atoms with E-state index in [1.54, 1.807) is 11.1 Å². The summed E-state index contributed by atoms with van der Waals surface area (Å²) in [5, 5.41) is 0. The van der Waals surface area contributed by atoms with Crippen LogP contribution in [0.5, 0.6) is 0 Å². The zero-order chi connectivity index (χ0) is 15.3. The summed E-state index contributed by atoms with van der Waals surface area (Å²) in [6.07, 6.45) is 6.73. The quantitative estimate of drug-likeness (QED) is 0.849. The summed E-state index contributed by atoms with van der Waals surface area (Å²) in [5.41, 5.74) is 9.92. The van der Waals surface area contributed by atoms with Crippen LogP contribution in [-0.4, -0.2) is 6.54 Å². The van der Waals surface area contributed by atoms with Crippen LogP contribution >= 0.6 is 0 Å². The molecule has 1 fully saturated rings. The minimum atomic E-state index is 0.383. The molecular formula is C20H32N+. The highest BCUT2D eigenvalue weighted by Crippen LogP contribution is 2.56. The van der Waals surface area contributed by atoms with Gasteiger partial charge in [-0.1, -0.05) is 52.3 Å². The third-order valence-corrected chi connectivity index (χ3v) is 6.74. The van der Waals surface area contributed by atoms with Crippen LogP contribution < -0.4 is 5.73 Å². The molecule has 21 heavy (non-hydrogen) atoms. The molecule has 1 heteroatoms. The van der Waals surface area contributed by atoms with Crippen LogP contribution in [0.2, 0.25) is 0 Å². The molecule has 0 radical (unpaired) electrons. The van der Waals surface area contributed by atoms with Gasteiger partial charge in [-0.05, 0) is 59.6 Å². The Morgan fingerprint density at radius 1 is 1.24 bits per heavy atom. The Labute approximate surface area is 130 Å². The lowest BCUT2D eigenvalue weighted by atomic mass is 9.50. The fraction of sp³-hybridized carbons (Fsp3) is 0.700. The summed E-state index contributed by atoms with van der Waals surface area (Å²) in [5.74, 6) is 1.45. The summed E-state index contributed by atoms with van der Waals surface area (Å²) < 4.78 is 0. The van der Waals surface area contributed by atoms with Crippen molar-refractivity contribution in [3.63, 3.8) is 0 Å². The molecule has 0 saturated heterocycles. The monoisotopic (exact) mass is 286 g/mol. The third kappa shape index (κ3) is 2.25. The van der Waals surface area contributed by atoms with Crippen molar-refractivity contribution in [1.29, 1.82) is 0 Å². The lowest BCUT2D eigenvalue weighted by molar-refractivity contribution is -0.399. The molecule has 0 spiro atoms. The minimum absolute atomic E-state index is 0.383. The van der Waals surface area contributed by atoms with Crippen LogP contribution in [0.3, 0.4) is 0 Å².